The summed E-state index contributed by atoms with van der Waals surface area (Å²) in [5.74, 6) is 2.01. The van der Waals surface area contributed by atoms with Gasteiger partial charge >= 0.3 is 0 Å². The number of aromatic nitrogens is 3. The second-order valence-electron chi connectivity index (χ2n) is 4.37. The van der Waals surface area contributed by atoms with E-state index in [0.717, 1.165) is 43.1 Å². The molecule has 0 radical (unpaired) electrons. The van der Waals surface area contributed by atoms with Crippen LogP contribution >= 0.6 is 0 Å². The van der Waals surface area contributed by atoms with Crippen molar-refractivity contribution in [2.24, 2.45) is 0 Å². The zero-order chi connectivity index (χ0) is 13.0. The SMILES string of the molecule is CCc1nc(CC)n(CCc2ccc(N)cc2)n1. The number of benzene rings is 1. The predicted octanol–water partition coefficient (Wildman–Crippen LogP) is 2.23. The van der Waals surface area contributed by atoms with Gasteiger partial charge in [0.1, 0.15) is 5.82 Å². The molecule has 0 saturated carbocycles. The zero-order valence-electron chi connectivity index (χ0n) is 11.1. The topological polar surface area (TPSA) is 56.7 Å². The average Bonchev–Trinajstić information content (AvgIpc) is 2.80. The second-order valence-corrected chi connectivity index (χ2v) is 4.37. The minimum atomic E-state index is 0.807. The van der Waals surface area contributed by atoms with Gasteiger partial charge in [-0.25, -0.2) is 9.67 Å². The van der Waals surface area contributed by atoms with Gasteiger partial charge in [0.05, 0.1) is 0 Å². The summed E-state index contributed by atoms with van der Waals surface area (Å²) >= 11 is 0. The summed E-state index contributed by atoms with van der Waals surface area (Å²) in [7, 11) is 0. The van der Waals surface area contributed by atoms with Crippen LogP contribution < -0.4 is 5.73 Å². The van der Waals surface area contributed by atoms with E-state index < -0.39 is 0 Å². The maximum absolute atomic E-state index is 5.67. The summed E-state index contributed by atoms with van der Waals surface area (Å²) in [6, 6.07) is 8.01. The van der Waals surface area contributed by atoms with E-state index in [-0.39, 0.29) is 0 Å². The molecule has 1 aromatic heterocycles. The zero-order valence-corrected chi connectivity index (χ0v) is 11.1. The molecule has 0 unspecified atom stereocenters. The van der Waals surface area contributed by atoms with Crippen molar-refractivity contribution in [3.8, 4) is 0 Å². The highest BCUT2D eigenvalue weighted by Crippen LogP contribution is 2.08. The molecule has 0 aliphatic rings. The lowest BCUT2D eigenvalue weighted by atomic mass is 10.1. The van der Waals surface area contributed by atoms with Crippen molar-refractivity contribution >= 4 is 5.69 Å². The average molecular weight is 244 g/mol. The molecule has 96 valence electrons. The maximum Gasteiger partial charge on any atom is 0.150 e. The van der Waals surface area contributed by atoms with Crippen molar-refractivity contribution in [1.82, 2.24) is 14.8 Å². The monoisotopic (exact) mass is 244 g/mol. The molecule has 0 amide bonds. The van der Waals surface area contributed by atoms with E-state index in [1.54, 1.807) is 0 Å². The van der Waals surface area contributed by atoms with Gasteiger partial charge in [-0.3, -0.25) is 0 Å². The summed E-state index contributed by atoms with van der Waals surface area (Å²) in [4.78, 5) is 4.51. The van der Waals surface area contributed by atoms with E-state index >= 15 is 0 Å². The van der Waals surface area contributed by atoms with Crippen LogP contribution in [0.1, 0.15) is 31.1 Å². The third-order valence-corrected chi connectivity index (χ3v) is 3.02. The van der Waals surface area contributed by atoms with E-state index in [1.165, 1.54) is 5.56 Å². The smallest absolute Gasteiger partial charge is 0.150 e. The lowest BCUT2D eigenvalue weighted by molar-refractivity contribution is 0.578. The Labute approximate surface area is 108 Å². The van der Waals surface area contributed by atoms with Gasteiger partial charge in [-0.15, -0.1) is 0 Å². The van der Waals surface area contributed by atoms with E-state index in [2.05, 4.69) is 36.1 Å². The first-order valence-electron chi connectivity index (χ1n) is 6.50. The van der Waals surface area contributed by atoms with Crippen molar-refractivity contribution in [3.05, 3.63) is 41.5 Å². The fourth-order valence-corrected chi connectivity index (χ4v) is 1.94. The Bertz CT molecular complexity index is 499. The highest BCUT2D eigenvalue weighted by Gasteiger charge is 2.06. The van der Waals surface area contributed by atoms with Gasteiger partial charge in [0.25, 0.3) is 0 Å². The summed E-state index contributed by atoms with van der Waals surface area (Å²) in [5, 5.41) is 4.51. The van der Waals surface area contributed by atoms with Crippen molar-refractivity contribution in [2.75, 3.05) is 5.73 Å². The third kappa shape index (κ3) is 2.88. The molecule has 18 heavy (non-hydrogen) atoms. The highest BCUT2D eigenvalue weighted by atomic mass is 15.3. The molecule has 0 spiro atoms. The Morgan fingerprint density at radius 3 is 2.44 bits per heavy atom. The van der Waals surface area contributed by atoms with E-state index in [9.17, 15) is 0 Å². The van der Waals surface area contributed by atoms with E-state index in [0.29, 0.717) is 0 Å². The Kier molecular flexibility index (Phi) is 3.97. The number of nitrogens with two attached hydrogens (primary N) is 1. The fourth-order valence-electron chi connectivity index (χ4n) is 1.94. The first-order chi connectivity index (χ1) is 8.72. The Hall–Kier alpha value is -1.84. The van der Waals surface area contributed by atoms with Gasteiger partial charge in [0.2, 0.25) is 0 Å². The molecule has 2 rings (SSSR count). The Morgan fingerprint density at radius 2 is 1.83 bits per heavy atom. The van der Waals surface area contributed by atoms with Crippen LogP contribution in [0.25, 0.3) is 0 Å². The molecule has 0 aliphatic carbocycles. The van der Waals surface area contributed by atoms with Crippen molar-refractivity contribution in [2.45, 2.75) is 39.7 Å². The molecular weight excluding hydrogens is 224 g/mol. The lowest BCUT2D eigenvalue weighted by Gasteiger charge is -2.05. The van der Waals surface area contributed by atoms with Crippen LogP contribution in [-0.4, -0.2) is 14.8 Å². The molecule has 2 N–H and O–H groups in total. The standard InChI is InChI=1S/C14H20N4/c1-3-13-16-14(4-2)18(17-13)10-9-11-5-7-12(15)8-6-11/h5-8H,3-4,9-10,15H2,1-2H3. The molecule has 0 fully saturated rings. The summed E-state index contributed by atoms with van der Waals surface area (Å²) in [6.45, 7) is 5.07. The van der Waals surface area contributed by atoms with Gasteiger partial charge in [-0.05, 0) is 24.1 Å². The third-order valence-electron chi connectivity index (χ3n) is 3.02. The van der Waals surface area contributed by atoms with Gasteiger partial charge in [0.15, 0.2) is 5.82 Å². The van der Waals surface area contributed by atoms with Crippen LogP contribution in [0.3, 0.4) is 0 Å². The minimum absolute atomic E-state index is 0.807. The number of rotatable bonds is 5. The van der Waals surface area contributed by atoms with Gasteiger partial charge in [0, 0.05) is 25.1 Å². The molecular formula is C14H20N4. The second kappa shape index (κ2) is 5.67. The minimum Gasteiger partial charge on any atom is -0.399 e. The van der Waals surface area contributed by atoms with E-state index in [1.807, 2.05) is 16.8 Å². The number of anilines is 1. The number of aryl methyl sites for hydroxylation is 4. The lowest BCUT2D eigenvalue weighted by Crippen LogP contribution is -2.07. The molecule has 4 heteroatoms. The molecule has 4 nitrogen and oxygen atoms in total. The molecule has 1 heterocycles. The van der Waals surface area contributed by atoms with Crippen molar-refractivity contribution < 1.29 is 0 Å². The fraction of sp³-hybridized carbons (Fsp3) is 0.429. The quantitative estimate of drug-likeness (QED) is 0.820. The van der Waals surface area contributed by atoms with Crippen molar-refractivity contribution in [3.63, 3.8) is 0 Å². The summed E-state index contributed by atoms with van der Waals surface area (Å²) in [6.07, 6.45) is 2.77. The molecule has 0 aliphatic heterocycles. The van der Waals surface area contributed by atoms with Crippen LogP contribution in [0.15, 0.2) is 24.3 Å². The van der Waals surface area contributed by atoms with Gasteiger partial charge < -0.3 is 5.73 Å². The van der Waals surface area contributed by atoms with Gasteiger partial charge in [-0.1, -0.05) is 26.0 Å². The molecule has 2 aromatic rings. The summed E-state index contributed by atoms with van der Waals surface area (Å²) in [5.41, 5.74) is 7.76. The number of nitrogen functional groups attached to an aromatic ring is 1. The van der Waals surface area contributed by atoms with Crippen LogP contribution in [0, 0.1) is 0 Å². The van der Waals surface area contributed by atoms with Crippen LogP contribution in [-0.2, 0) is 25.8 Å². The molecule has 0 saturated heterocycles. The summed E-state index contributed by atoms with van der Waals surface area (Å²) < 4.78 is 2.02. The Morgan fingerprint density at radius 1 is 1.11 bits per heavy atom. The van der Waals surface area contributed by atoms with E-state index in [4.69, 9.17) is 5.73 Å². The highest BCUT2D eigenvalue weighted by molar-refractivity contribution is 5.39. The normalized spacial score (nSPS) is 10.8. The molecule has 1 aromatic carbocycles. The molecule has 0 atom stereocenters. The number of hydrogen-bond acceptors (Lipinski definition) is 3. The largest absolute Gasteiger partial charge is 0.399 e. The van der Waals surface area contributed by atoms with Crippen molar-refractivity contribution in [1.29, 1.82) is 0 Å². The number of hydrogen-bond donors (Lipinski definition) is 1. The Balaban J connectivity index is 2.05. The predicted molar refractivity (Wildman–Crippen MR) is 73.3 cm³/mol. The molecule has 0 bridgehead atoms. The number of nitrogens with zero attached hydrogens (tertiary/aromatic N) is 3. The first kappa shape index (κ1) is 12.6. The van der Waals surface area contributed by atoms with Gasteiger partial charge in [-0.2, -0.15) is 5.10 Å². The first-order valence-corrected chi connectivity index (χ1v) is 6.50. The van der Waals surface area contributed by atoms with Crippen LogP contribution in [0.5, 0.6) is 0 Å². The van der Waals surface area contributed by atoms with Crippen LogP contribution in [0.4, 0.5) is 5.69 Å². The maximum atomic E-state index is 5.67. The van der Waals surface area contributed by atoms with Crippen LogP contribution in [0.2, 0.25) is 0 Å².